The monoisotopic (exact) mass is 1370 g/mol. The van der Waals surface area contributed by atoms with Crippen LogP contribution in [-0.2, 0) is 44.8 Å². The Bertz CT molecular complexity index is 2920. The molecule has 25 nitrogen and oxygen atoms in total. The van der Waals surface area contributed by atoms with Gasteiger partial charge in [0, 0.05) is 113 Å². The van der Waals surface area contributed by atoms with E-state index in [1.807, 2.05) is 29.2 Å². The number of fused-ring (bicyclic) bond motifs is 1. The van der Waals surface area contributed by atoms with E-state index in [0.29, 0.717) is 93.8 Å². The topological polar surface area (TPSA) is 328 Å². The van der Waals surface area contributed by atoms with Gasteiger partial charge in [-0.05, 0) is 135 Å². The van der Waals surface area contributed by atoms with E-state index in [1.54, 1.807) is 43.9 Å². The number of aliphatic carboxylic acids is 3. The summed E-state index contributed by atoms with van der Waals surface area (Å²) in [4.78, 5) is 129. The molecule has 6 amide bonds. The molecule has 0 saturated carbocycles. The number of amides is 6. The number of halogens is 3. The highest BCUT2D eigenvalue weighted by Crippen LogP contribution is 2.32. The van der Waals surface area contributed by atoms with Crippen molar-refractivity contribution in [1.29, 1.82) is 5.26 Å². The van der Waals surface area contributed by atoms with Crippen LogP contribution in [0, 0.1) is 20.8 Å². The number of nitrogens with zero attached hydrogens (tertiary/aromatic N) is 8. The molecule has 1 aromatic heterocycles. The molecule has 0 bridgehead atoms. The fourth-order valence-electron chi connectivity index (χ4n) is 11.3. The number of hydrogen-bond donors (Lipinski definition) is 7. The molecule has 0 spiro atoms. The first-order valence-electron chi connectivity index (χ1n) is 30.9. The van der Waals surface area contributed by atoms with E-state index in [9.17, 15) is 72.5 Å². The zero-order chi connectivity index (χ0) is 65.0. The van der Waals surface area contributed by atoms with Gasteiger partial charge >= 0.3 is 17.9 Å². The molecule has 492 valence electrons. The number of nitriles is 1. The van der Waals surface area contributed by atoms with Gasteiger partial charge in [0.15, 0.2) is 0 Å². The van der Waals surface area contributed by atoms with E-state index in [4.69, 9.17) is 4.74 Å². The molecular weight excluding hydrogens is 1290 g/mol. The zero-order valence-corrected chi connectivity index (χ0v) is 53.1. The second-order valence-electron chi connectivity index (χ2n) is 23.2. The van der Waals surface area contributed by atoms with Gasteiger partial charge in [0.1, 0.15) is 17.8 Å². The first-order chi connectivity index (χ1) is 43.1. The summed E-state index contributed by atoms with van der Waals surface area (Å²) in [6.07, 6.45) is 8.56. The van der Waals surface area contributed by atoms with Crippen molar-refractivity contribution >= 4 is 86.8 Å². The molecular formula is C62H85F2IN12O13. The average molecular weight is 1370 g/mol. The van der Waals surface area contributed by atoms with E-state index >= 15 is 0 Å². The third kappa shape index (κ3) is 25.6. The van der Waals surface area contributed by atoms with Crippen molar-refractivity contribution in [3.05, 3.63) is 69.4 Å². The van der Waals surface area contributed by atoms with Gasteiger partial charge in [0.25, 0.3) is 11.8 Å². The third-order valence-electron chi connectivity index (χ3n) is 16.3. The van der Waals surface area contributed by atoms with E-state index in [2.05, 4.69) is 48.8 Å². The normalized spacial score (nSPS) is 17.7. The number of rotatable bonds is 32. The predicted octanol–water partition coefficient (Wildman–Crippen LogP) is 3.28. The number of aryl methyl sites for hydroxylation is 1. The highest BCUT2D eigenvalue weighted by molar-refractivity contribution is 14.1. The fraction of sp³-hybridized carbons (Fsp3) is 0.597. The molecule has 0 aliphatic carbocycles. The maximum Gasteiger partial charge on any atom is 0.317 e. The van der Waals surface area contributed by atoms with Gasteiger partial charge in [-0.3, -0.25) is 67.7 Å². The Morgan fingerprint density at radius 1 is 0.689 bits per heavy atom. The Balaban J connectivity index is 0.922. The number of carbonyl (C=O) groups excluding carboxylic acids is 6. The standard InChI is InChI=1S/C62H85F2IN12O13/c63-62(64)36-47(37-66)77(43-62)56(81)38-70-60(88)49-18-23-67-51-17-16-48(35-50(49)51)90-34-6-8-45-19-24-76(25-20-45)55(80)11-2-1-3-21-69-61(89)52(9-5-22-68-53(78)10-4-7-44-12-14-46(65)15-13-44)71-54(79)39-72-26-28-73(40-57(82)83)30-32-75(42-59(86)87)33-31-74(29-27-72)41-58(84)85/h12-18,23,35,45,47,52H,1-11,19-22,24-34,36,38-43H2,(H,68,78)(H,69,89)(H,70,88)(H,71,79)(H,82,83)(H,84,85)(H,86,87)/t47-,52+/m1/s1. The van der Waals surface area contributed by atoms with Crippen LogP contribution in [0.4, 0.5) is 8.78 Å². The quantitative estimate of drug-likeness (QED) is 0.0348. The molecule has 28 heteroatoms. The lowest BCUT2D eigenvalue weighted by Crippen LogP contribution is -2.52. The van der Waals surface area contributed by atoms with Crippen LogP contribution in [-0.4, -0.2) is 245 Å². The highest BCUT2D eigenvalue weighted by atomic mass is 127. The second-order valence-corrected chi connectivity index (χ2v) is 24.5. The number of likely N-dealkylation sites (tertiary alicyclic amines) is 2. The van der Waals surface area contributed by atoms with Gasteiger partial charge in [0.2, 0.25) is 29.5 Å². The molecule has 3 aliphatic rings. The van der Waals surface area contributed by atoms with Gasteiger partial charge in [-0.25, -0.2) is 8.78 Å². The van der Waals surface area contributed by atoms with E-state index < -0.39 is 79.1 Å². The summed E-state index contributed by atoms with van der Waals surface area (Å²) in [5.74, 6) is -7.82. The van der Waals surface area contributed by atoms with Crippen molar-refractivity contribution in [1.82, 2.24) is 55.7 Å². The van der Waals surface area contributed by atoms with Crippen LogP contribution in [0.3, 0.4) is 0 Å². The zero-order valence-electron chi connectivity index (χ0n) is 50.9. The lowest BCUT2D eigenvalue weighted by molar-refractivity contribution is -0.140. The fourth-order valence-corrected chi connectivity index (χ4v) is 11.6. The maximum atomic E-state index is 13.9. The van der Waals surface area contributed by atoms with Gasteiger partial charge in [-0.15, -0.1) is 0 Å². The number of carbonyl (C=O) groups is 9. The molecule has 3 fully saturated rings. The SMILES string of the molecule is N#C[C@H]1CC(F)(F)CN1C(=O)CNC(=O)c1ccnc2ccc(OCCCC3CCN(C(=O)CCCCCNC(=O)[C@H](CCCNC(=O)CCCc4ccc(I)cc4)NC(=O)CN4CCN(CC(=O)O)CCN(CC(=O)O)CCN(CC(=O)O)CC4)CC3)cc12. The van der Waals surface area contributed by atoms with Crippen molar-refractivity contribution in [3.63, 3.8) is 0 Å². The first kappa shape index (κ1) is 71.9. The minimum atomic E-state index is -3.18. The Hall–Kier alpha value is -7.20. The molecule has 3 aliphatic heterocycles. The van der Waals surface area contributed by atoms with Crippen LogP contribution in [0.5, 0.6) is 5.75 Å². The number of pyridine rings is 1. The van der Waals surface area contributed by atoms with Crippen LogP contribution >= 0.6 is 22.6 Å². The van der Waals surface area contributed by atoms with Gasteiger partial charge in [0.05, 0.1) is 63.0 Å². The highest BCUT2D eigenvalue weighted by Gasteiger charge is 2.47. The smallest absolute Gasteiger partial charge is 0.317 e. The largest absolute Gasteiger partial charge is 0.494 e. The summed E-state index contributed by atoms with van der Waals surface area (Å²) in [7, 11) is 0. The third-order valence-corrected chi connectivity index (χ3v) is 17.0. The van der Waals surface area contributed by atoms with Crippen LogP contribution in [0.2, 0.25) is 0 Å². The first-order valence-corrected chi connectivity index (χ1v) is 32.0. The number of carboxylic acids is 3. The molecule has 0 radical (unpaired) electrons. The van der Waals surface area contributed by atoms with E-state index in [0.717, 1.165) is 46.1 Å². The lowest BCUT2D eigenvalue weighted by atomic mass is 9.92. The molecule has 4 heterocycles. The van der Waals surface area contributed by atoms with Crippen LogP contribution in [0.15, 0.2) is 54.7 Å². The van der Waals surface area contributed by atoms with Crippen molar-refractivity contribution in [2.75, 3.05) is 124 Å². The summed E-state index contributed by atoms with van der Waals surface area (Å²) in [5.41, 5.74) is 1.86. The van der Waals surface area contributed by atoms with Crippen molar-refractivity contribution < 1.29 is 72.0 Å². The Labute approximate surface area is 536 Å². The summed E-state index contributed by atoms with van der Waals surface area (Å²) in [5, 5.41) is 49.8. The lowest BCUT2D eigenvalue weighted by Gasteiger charge is -2.33. The Morgan fingerprint density at radius 3 is 1.91 bits per heavy atom. The number of piperidine rings is 1. The number of nitrogens with one attached hydrogen (secondary N) is 4. The van der Waals surface area contributed by atoms with Gasteiger partial charge in [-0.2, -0.15) is 5.26 Å². The Morgan fingerprint density at radius 2 is 1.30 bits per heavy atom. The van der Waals surface area contributed by atoms with Crippen molar-refractivity contribution in [2.45, 2.75) is 108 Å². The predicted molar refractivity (Wildman–Crippen MR) is 335 cm³/mol. The van der Waals surface area contributed by atoms with Crippen molar-refractivity contribution in [3.8, 4) is 11.8 Å². The molecule has 0 unspecified atom stereocenters. The van der Waals surface area contributed by atoms with Gasteiger partial charge < -0.3 is 51.1 Å². The molecule has 3 aromatic rings. The minimum Gasteiger partial charge on any atom is -0.494 e. The molecule has 7 N–H and O–H groups in total. The van der Waals surface area contributed by atoms with Crippen LogP contribution in [0.25, 0.3) is 10.9 Å². The summed E-state index contributed by atoms with van der Waals surface area (Å²) in [6, 6.07) is 14.2. The summed E-state index contributed by atoms with van der Waals surface area (Å²) < 4.78 is 35.0. The number of ether oxygens (including phenoxy) is 1. The van der Waals surface area contributed by atoms with Crippen LogP contribution in [0.1, 0.15) is 99.4 Å². The number of carboxylic acid groups (broad SMARTS) is 3. The van der Waals surface area contributed by atoms with Crippen LogP contribution < -0.4 is 26.0 Å². The van der Waals surface area contributed by atoms with E-state index in [1.165, 1.54) is 12.3 Å². The summed E-state index contributed by atoms with van der Waals surface area (Å²) in [6.45, 7) is 1.40. The van der Waals surface area contributed by atoms with E-state index in [-0.39, 0.29) is 109 Å². The number of benzene rings is 2. The molecule has 2 aromatic carbocycles. The molecule has 3 saturated heterocycles. The van der Waals surface area contributed by atoms with Crippen molar-refractivity contribution in [2.24, 2.45) is 5.92 Å². The molecule has 90 heavy (non-hydrogen) atoms. The second kappa shape index (κ2) is 37.2. The number of aromatic nitrogens is 1. The summed E-state index contributed by atoms with van der Waals surface area (Å²) >= 11 is 2.24. The average Bonchev–Trinajstić information content (AvgIpc) is 2.09. The molecule has 6 rings (SSSR count). The Kier molecular flexibility index (Phi) is 29.7. The number of hydrogen-bond acceptors (Lipinski definition) is 16. The minimum absolute atomic E-state index is 0.0693. The maximum absolute atomic E-state index is 13.9. The number of alkyl halides is 2. The molecule has 2 atom stereocenters. The van der Waals surface area contributed by atoms with Gasteiger partial charge in [-0.1, -0.05) is 18.6 Å². The number of unbranched alkanes of at least 4 members (excludes halogenated alkanes) is 2.